The van der Waals surface area contributed by atoms with Gasteiger partial charge in [0.1, 0.15) is 0 Å². The zero-order valence-electron chi connectivity index (χ0n) is 10.1. The summed E-state index contributed by atoms with van der Waals surface area (Å²) in [4.78, 5) is 11.3. The zero-order chi connectivity index (χ0) is 13.2. The van der Waals surface area contributed by atoms with Gasteiger partial charge in [-0.3, -0.25) is 4.79 Å². The molecule has 1 aliphatic rings. The van der Waals surface area contributed by atoms with Crippen LogP contribution < -0.4 is 10.0 Å². The molecule has 5 nitrogen and oxygen atoms in total. The highest BCUT2D eigenvalue weighted by atomic mass is 32.2. The second-order valence-corrected chi connectivity index (χ2v) is 6.11. The summed E-state index contributed by atoms with van der Waals surface area (Å²) < 4.78 is 27.0. The molecule has 1 aliphatic heterocycles. The van der Waals surface area contributed by atoms with Gasteiger partial charge in [-0.25, -0.2) is 13.1 Å². The van der Waals surface area contributed by atoms with E-state index < -0.39 is 10.0 Å². The van der Waals surface area contributed by atoms with E-state index >= 15 is 0 Å². The number of hydrogen-bond donors (Lipinski definition) is 2. The molecule has 6 heteroatoms. The molecule has 0 spiro atoms. The quantitative estimate of drug-likeness (QED) is 0.840. The van der Waals surface area contributed by atoms with Gasteiger partial charge in [-0.1, -0.05) is 18.2 Å². The van der Waals surface area contributed by atoms with E-state index in [2.05, 4.69) is 10.0 Å². The predicted octanol–water partition coefficient (Wildman–Crippen LogP) is 0.552. The third-order valence-electron chi connectivity index (χ3n) is 2.97. The molecule has 0 radical (unpaired) electrons. The molecule has 1 unspecified atom stereocenters. The molecule has 2 N–H and O–H groups in total. The molecule has 18 heavy (non-hydrogen) atoms. The third kappa shape index (κ3) is 2.88. The smallest absolute Gasteiger partial charge is 0.241 e. The van der Waals surface area contributed by atoms with Crippen molar-refractivity contribution in [3.8, 4) is 0 Å². The monoisotopic (exact) mass is 268 g/mol. The van der Waals surface area contributed by atoms with Gasteiger partial charge in [0.05, 0.1) is 4.90 Å². The summed E-state index contributed by atoms with van der Waals surface area (Å²) >= 11 is 0. The second kappa shape index (κ2) is 5.07. The van der Waals surface area contributed by atoms with Gasteiger partial charge in [0.2, 0.25) is 15.9 Å². The highest BCUT2D eigenvalue weighted by Crippen LogP contribution is 2.15. The molecular weight excluding hydrogens is 252 g/mol. The summed E-state index contributed by atoms with van der Waals surface area (Å²) in [5, 5.41) is 2.65. The number of sulfonamides is 1. The average Bonchev–Trinajstić information content (AvgIpc) is 2.32. The molecule has 1 saturated heterocycles. The number of benzene rings is 1. The minimum Gasteiger partial charge on any atom is -0.355 e. The molecule has 1 amide bonds. The Morgan fingerprint density at radius 2 is 2.06 bits per heavy atom. The first-order valence-electron chi connectivity index (χ1n) is 5.84. The van der Waals surface area contributed by atoms with Crippen molar-refractivity contribution in [2.75, 3.05) is 6.54 Å². The van der Waals surface area contributed by atoms with E-state index in [1.54, 1.807) is 31.2 Å². The van der Waals surface area contributed by atoms with Crippen LogP contribution >= 0.6 is 0 Å². The highest BCUT2D eigenvalue weighted by molar-refractivity contribution is 7.89. The molecule has 0 saturated carbocycles. The fourth-order valence-corrected chi connectivity index (χ4v) is 3.49. The Morgan fingerprint density at radius 1 is 1.33 bits per heavy atom. The van der Waals surface area contributed by atoms with Crippen molar-refractivity contribution in [3.05, 3.63) is 29.8 Å². The van der Waals surface area contributed by atoms with Crippen LogP contribution in [0.2, 0.25) is 0 Å². The van der Waals surface area contributed by atoms with E-state index in [9.17, 15) is 13.2 Å². The molecule has 98 valence electrons. The summed E-state index contributed by atoms with van der Waals surface area (Å²) in [7, 11) is -3.51. The van der Waals surface area contributed by atoms with Crippen LogP contribution in [0.15, 0.2) is 29.2 Å². The maximum Gasteiger partial charge on any atom is 0.241 e. The molecule has 1 heterocycles. The lowest BCUT2D eigenvalue weighted by Gasteiger charge is -2.23. The number of hydrogen-bond acceptors (Lipinski definition) is 3. The van der Waals surface area contributed by atoms with Crippen molar-refractivity contribution < 1.29 is 13.2 Å². The molecule has 1 aromatic rings. The molecule has 0 aliphatic carbocycles. The van der Waals surface area contributed by atoms with Crippen LogP contribution in [0.25, 0.3) is 0 Å². The van der Waals surface area contributed by atoms with E-state index in [0.717, 1.165) is 0 Å². The predicted molar refractivity (Wildman–Crippen MR) is 67.5 cm³/mol. The number of rotatable bonds is 3. The van der Waals surface area contributed by atoms with Crippen molar-refractivity contribution in [3.63, 3.8) is 0 Å². The van der Waals surface area contributed by atoms with Gasteiger partial charge < -0.3 is 5.32 Å². The SMILES string of the molecule is Cc1ccccc1S(=O)(=O)NC1CCC(=O)NC1. The molecule has 0 bridgehead atoms. The maximum absolute atomic E-state index is 12.2. The molecule has 1 fully saturated rings. The number of amides is 1. The van der Waals surface area contributed by atoms with Crippen LogP contribution in [0.3, 0.4) is 0 Å². The van der Waals surface area contributed by atoms with Crippen molar-refractivity contribution in [2.24, 2.45) is 0 Å². The summed E-state index contributed by atoms with van der Waals surface area (Å²) in [6, 6.07) is 6.61. The van der Waals surface area contributed by atoms with Crippen LogP contribution in [-0.4, -0.2) is 26.9 Å². The van der Waals surface area contributed by atoms with Crippen LogP contribution in [0.1, 0.15) is 18.4 Å². The maximum atomic E-state index is 12.2. The average molecular weight is 268 g/mol. The lowest BCUT2D eigenvalue weighted by Crippen LogP contribution is -2.47. The number of nitrogens with one attached hydrogen (secondary N) is 2. The number of carbonyl (C=O) groups excluding carboxylic acids is 1. The molecule has 1 atom stereocenters. The molecule has 0 aromatic heterocycles. The van der Waals surface area contributed by atoms with Gasteiger partial charge in [0.25, 0.3) is 0 Å². The van der Waals surface area contributed by atoms with Crippen molar-refractivity contribution in [2.45, 2.75) is 30.7 Å². The van der Waals surface area contributed by atoms with Crippen LogP contribution in [0.5, 0.6) is 0 Å². The van der Waals surface area contributed by atoms with Gasteiger partial charge >= 0.3 is 0 Å². The summed E-state index contributed by atoms with van der Waals surface area (Å²) in [5.74, 6) is -0.0265. The van der Waals surface area contributed by atoms with E-state index in [-0.39, 0.29) is 11.9 Å². The van der Waals surface area contributed by atoms with Crippen LogP contribution in [-0.2, 0) is 14.8 Å². The Balaban J connectivity index is 2.13. The summed E-state index contributed by atoms with van der Waals surface area (Å²) in [5.41, 5.74) is 0.713. The largest absolute Gasteiger partial charge is 0.355 e. The second-order valence-electron chi connectivity index (χ2n) is 4.43. The minimum absolute atomic E-state index is 0.0265. The Bertz CT molecular complexity index is 544. The Kier molecular flexibility index (Phi) is 3.68. The van der Waals surface area contributed by atoms with Gasteiger partial charge in [-0.2, -0.15) is 0 Å². The number of carbonyl (C=O) groups is 1. The minimum atomic E-state index is -3.51. The number of aryl methyl sites for hydroxylation is 1. The van der Waals surface area contributed by atoms with E-state index in [1.807, 2.05) is 0 Å². The van der Waals surface area contributed by atoms with E-state index in [4.69, 9.17) is 0 Å². The number of piperidine rings is 1. The highest BCUT2D eigenvalue weighted by Gasteiger charge is 2.24. The van der Waals surface area contributed by atoms with Crippen molar-refractivity contribution in [1.29, 1.82) is 0 Å². The topological polar surface area (TPSA) is 75.3 Å². The van der Waals surface area contributed by atoms with E-state index in [0.29, 0.717) is 29.8 Å². The molecule has 2 rings (SSSR count). The van der Waals surface area contributed by atoms with Gasteiger partial charge in [0.15, 0.2) is 0 Å². The lowest BCUT2D eigenvalue weighted by atomic mass is 10.1. The molecule has 1 aromatic carbocycles. The molecular formula is C12H16N2O3S. The standard InChI is InChI=1S/C12H16N2O3S/c1-9-4-2-3-5-11(9)18(16,17)14-10-6-7-12(15)13-8-10/h2-5,10,14H,6-8H2,1H3,(H,13,15). The van der Waals surface area contributed by atoms with Crippen molar-refractivity contribution in [1.82, 2.24) is 10.0 Å². The fraction of sp³-hybridized carbons (Fsp3) is 0.417. The first kappa shape index (κ1) is 13.0. The van der Waals surface area contributed by atoms with Crippen molar-refractivity contribution >= 4 is 15.9 Å². The normalized spacial score (nSPS) is 20.5. The summed E-state index contributed by atoms with van der Waals surface area (Å²) in [6.45, 7) is 2.11. The third-order valence-corrected chi connectivity index (χ3v) is 4.65. The Morgan fingerprint density at radius 3 is 2.67 bits per heavy atom. The Labute approximate surface area is 107 Å². The van der Waals surface area contributed by atoms with Gasteiger partial charge in [0, 0.05) is 19.0 Å². The lowest BCUT2D eigenvalue weighted by molar-refractivity contribution is -0.122. The van der Waals surface area contributed by atoms with Crippen LogP contribution in [0.4, 0.5) is 0 Å². The first-order chi connectivity index (χ1) is 8.49. The summed E-state index contributed by atoms with van der Waals surface area (Å²) in [6.07, 6.45) is 0.901. The first-order valence-corrected chi connectivity index (χ1v) is 7.32. The van der Waals surface area contributed by atoms with Crippen LogP contribution in [0, 0.1) is 6.92 Å². The Hall–Kier alpha value is -1.40. The fourth-order valence-electron chi connectivity index (χ4n) is 1.97. The zero-order valence-corrected chi connectivity index (χ0v) is 11.0. The van der Waals surface area contributed by atoms with Gasteiger partial charge in [-0.05, 0) is 25.0 Å². The van der Waals surface area contributed by atoms with E-state index in [1.165, 1.54) is 0 Å². The van der Waals surface area contributed by atoms with Gasteiger partial charge in [-0.15, -0.1) is 0 Å².